The molecule has 6 N–H and O–H groups in total. The van der Waals surface area contributed by atoms with Gasteiger partial charge in [0.1, 0.15) is 5.75 Å². The molecule has 12 nitrogen and oxygen atoms in total. The molecule has 0 unspecified atom stereocenters. The molecule has 198 valence electrons. The predicted molar refractivity (Wildman–Crippen MR) is 126 cm³/mol. The molecule has 1 aromatic carbocycles. The van der Waals surface area contributed by atoms with Gasteiger partial charge in [0.2, 0.25) is 0 Å². The molecule has 1 aromatic rings. The molecule has 1 fully saturated rings. The normalized spacial score (nSPS) is 15.0. The van der Waals surface area contributed by atoms with Gasteiger partial charge in [-0.1, -0.05) is 11.6 Å². The quantitative estimate of drug-likeness (QED) is 0.284. The van der Waals surface area contributed by atoms with Crippen molar-refractivity contribution < 1.29 is 49.1 Å². The Morgan fingerprint density at radius 1 is 1.03 bits per heavy atom. The molecule has 1 saturated heterocycles. The molecular weight excluding hydrogens is 488 g/mol. The van der Waals surface area contributed by atoms with E-state index in [2.05, 4.69) is 4.90 Å². The average molecular weight is 521 g/mol. The monoisotopic (exact) mass is 520 g/mol. The van der Waals surface area contributed by atoms with Crippen LogP contribution in [-0.4, -0.2) is 88.2 Å². The molecule has 1 aliphatic rings. The fourth-order valence-electron chi connectivity index (χ4n) is 2.70. The SMILES string of the molecule is CCOc1ccc(Cl)cc1CN1CCO[C@@H](CN)C1.O=C(O)CCC(=O)O.O=C(O)CCC(=O)O. The third-order valence-electron chi connectivity index (χ3n) is 4.31. The third kappa shape index (κ3) is 17.2. The van der Waals surface area contributed by atoms with Gasteiger partial charge in [-0.25, -0.2) is 0 Å². The maximum absolute atomic E-state index is 9.64. The summed E-state index contributed by atoms with van der Waals surface area (Å²) in [4.78, 5) is 40.9. The number of morpholine rings is 1. The number of hydrogen-bond donors (Lipinski definition) is 5. The Labute approximate surface area is 208 Å². The van der Waals surface area contributed by atoms with Crippen LogP contribution in [0.2, 0.25) is 5.02 Å². The second-order valence-electron chi connectivity index (χ2n) is 7.22. The predicted octanol–water partition coefficient (Wildman–Crippen LogP) is 1.77. The van der Waals surface area contributed by atoms with Gasteiger partial charge in [0.15, 0.2) is 0 Å². The largest absolute Gasteiger partial charge is 0.494 e. The minimum absolute atomic E-state index is 0.128. The van der Waals surface area contributed by atoms with Crippen molar-refractivity contribution in [3.8, 4) is 5.75 Å². The Bertz CT molecular complexity index is 765. The number of carbonyl (C=O) groups is 4. The highest BCUT2D eigenvalue weighted by Gasteiger charge is 2.20. The minimum atomic E-state index is -1.08. The first-order chi connectivity index (χ1) is 16.5. The fraction of sp³-hybridized carbons (Fsp3) is 0.545. The van der Waals surface area contributed by atoms with E-state index in [-0.39, 0.29) is 31.8 Å². The van der Waals surface area contributed by atoms with Crippen molar-refractivity contribution in [2.24, 2.45) is 5.73 Å². The van der Waals surface area contributed by atoms with Gasteiger partial charge in [0, 0.05) is 36.8 Å². The van der Waals surface area contributed by atoms with E-state index in [0.29, 0.717) is 13.2 Å². The van der Waals surface area contributed by atoms with Crippen molar-refractivity contribution in [2.75, 3.05) is 32.8 Å². The maximum Gasteiger partial charge on any atom is 0.303 e. The minimum Gasteiger partial charge on any atom is -0.494 e. The van der Waals surface area contributed by atoms with E-state index in [0.717, 1.165) is 42.6 Å². The third-order valence-corrected chi connectivity index (χ3v) is 4.54. The Balaban J connectivity index is 0.000000601. The number of hydrogen-bond acceptors (Lipinski definition) is 8. The van der Waals surface area contributed by atoms with Crippen LogP contribution in [0.15, 0.2) is 18.2 Å². The zero-order chi connectivity index (χ0) is 26.8. The van der Waals surface area contributed by atoms with E-state index in [1.54, 1.807) is 0 Å². The first kappa shape index (κ1) is 32.1. The number of ether oxygens (including phenoxy) is 2. The summed E-state index contributed by atoms with van der Waals surface area (Å²) in [7, 11) is 0. The van der Waals surface area contributed by atoms with E-state index in [9.17, 15) is 19.2 Å². The topological polar surface area (TPSA) is 197 Å². The van der Waals surface area contributed by atoms with E-state index in [4.69, 9.17) is 47.2 Å². The number of carboxylic acid groups (broad SMARTS) is 4. The van der Waals surface area contributed by atoms with Crippen LogP contribution in [0.25, 0.3) is 0 Å². The Hall–Kier alpha value is -2.93. The van der Waals surface area contributed by atoms with Crippen LogP contribution in [0, 0.1) is 0 Å². The first-order valence-corrected chi connectivity index (χ1v) is 11.2. The molecule has 0 bridgehead atoms. The zero-order valence-electron chi connectivity index (χ0n) is 19.5. The van der Waals surface area contributed by atoms with Gasteiger partial charge in [-0.05, 0) is 25.1 Å². The summed E-state index contributed by atoms with van der Waals surface area (Å²) in [6.45, 7) is 6.51. The van der Waals surface area contributed by atoms with Crippen LogP contribution in [0.5, 0.6) is 5.75 Å². The molecule has 0 aromatic heterocycles. The van der Waals surface area contributed by atoms with Crippen molar-refractivity contribution in [3.05, 3.63) is 28.8 Å². The van der Waals surface area contributed by atoms with Crippen molar-refractivity contribution in [3.63, 3.8) is 0 Å². The molecule has 0 aliphatic carbocycles. The van der Waals surface area contributed by atoms with Gasteiger partial charge in [-0.3, -0.25) is 24.1 Å². The lowest BCUT2D eigenvalue weighted by Gasteiger charge is -2.32. The second-order valence-corrected chi connectivity index (χ2v) is 7.66. The van der Waals surface area contributed by atoms with E-state index in [1.807, 2.05) is 25.1 Å². The Morgan fingerprint density at radius 3 is 1.97 bits per heavy atom. The van der Waals surface area contributed by atoms with Crippen molar-refractivity contribution in [1.82, 2.24) is 4.90 Å². The molecule has 2 rings (SSSR count). The summed E-state index contributed by atoms with van der Waals surface area (Å²) in [6.07, 6.45) is -1.06. The molecule has 0 amide bonds. The molecule has 0 radical (unpaired) electrons. The summed E-state index contributed by atoms with van der Waals surface area (Å²) in [5.74, 6) is -3.40. The van der Waals surface area contributed by atoms with Gasteiger partial charge >= 0.3 is 23.9 Å². The summed E-state index contributed by atoms with van der Waals surface area (Å²) in [5, 5.41) is 32.3. The van der Waals surface area contributed by atoms with E-state index < -0.39 is 23.9 Å². The van der Waals surface area contributed by atoms with Crippen LogP contribution in [-0.2, 0) is 30.5 Å². The highest BCUT2D eigenvalue weighted by Crippen LogP contribution is 2.25. The number of halogens is 1. The van der Waals surface area contributed by atoms with Crippen molar-refractivity contribution >= 4 is 35.5 Å². The number of rotatable bonds is 11. The number of benzene rings is 1. The van der Waals surface area contributed by atoms with Gasteiger partial charge < -0.3 is 35.6 Å². The van der Waals surface area contributed by atoms with Gasteiger partial charge in [-0.2, -0.15) is 0 Å². The summed E-state index contributed by atoms with van der Waals surface area (Å²) >= 11 is 6.07. The van der Waals surface area contributed by atoms with Crippen LogP contribution in [0.3, 0.4) is 0 Å². The van der Waals surface area contributed by atoms with Crippen molar-refractivity contribution in [2.45, 2.75) is 45.3 Å². The fourth-order valence-corrected chi connectivity index (χ4v) is 2.90. The maximum atomic E-state index is 9.64. The lowest BCUT2D eigenvalue weighted by molar-refractivity contribution is -0.143. The van der Waals surface area contributed by atoms with Gasteiger partial charge in [0.25, 0.3) is 0 Å². The summed E-state index contributed by atoms with van der Waals surface area (Å²) in [5.41, 5.74) is 6.78. The molecule has 1 heterocycles. The highest BCUT2D eigenvalue weighted by atomic mass is 35.5. The average Bonchev–Trinajstić information content (AvgIpc) is 2.79. The lowest BCUT2D eigenvalue weighted by Crippen LogP contribution is -2.45. The van der Waals surface area contributed by atoms with Gasteiger partial charge in [0.05, 0.1) is 45.0 Å². The Morgan fingerprint density at radius 2 is 1.54 bits per heavy atom. The lowest BCUT2D eigenvalue weighted by atomic mass is 10.1. The van der Waals surface area contributed by atoms with Crippen molar-refractivity contribution in [1.29, 1.82) is 0 Å². The summed E-state index contributed by atoms with van der Waals surface area (Å²) < 4.78 is 11.2. The zero-order valence-corrected chi connectivity index (χ0v) is 20.3. The van der Waals surface area contributed by atoms with Crippen LogP contribution < -0.4 is 10.5 Å². The first-order valence-electron chi connectivity index (χ1n) is 10.8. The highest BCUT2D eigenvalue weighted by molar-refractivity contribution is 6.30. The number of nitrogens with two attached hydrogens (primary N) is 1. The molecule has 1 atom stereocenters. The molecular formula is C22H33ClN2O10. The molecule has 0 saturated carbocycles. The molecule has 0 spiro atoms. The van der Waals surface area contributed by atoms with Gasteiger partial charge in [-0.15, -0.1) is 0 Å². The molecule has 1 aliphatic heterocycles. The van der Waals surface area contributed by atoms with E-state index in [1.165, 1.54) is 0 Å². The second kappa shape index (κ2) is 18.4. The molecule has 35 heavy (non-hydrogen) atoms. The van der Waals surface area contributed by atoms with Crippen LogP contribution in [0.1, 0.15) is 38.2 Å². The summed E-state index contributed by atoms with van der Waals surface area (Å²) in [6, 6.07) is 5.76. The standard InChI is InChI=1S/C14H21ClN2O2.2C4H6O4/c1-2-18-14-4-3-12(15)7-11(14)9-17-5-6-19-13(8-16)10-17;2*5-3(6)1-2-4(7)8/h3-4,7,13H,2,5-6,8-10,16H2,1H3;2*1-2H2,(H,5,6)(H,7,8)/t13-;;/m0../s1. The van der Waals surface area contributed by atoms with Crippen LogP contribution in [0.4, 0.5) is 0 Å². The molecule has 13 heteroatoms. The number of nitrogens with zero attached hydrogens (tertiary/aromatic N) is 1. The Kier molecular flexibility index (Phi) is 16.9. The smallest absolute Gasteiger partial charge is 0.303 e. The number of carboxylic acids is 4. The number of aliphatic carboxylic acids is 4. The van der Waals surface area contributed by atoms with E-state index >= 15 is 0 Å². The van der Waals surface area contributed by atoms with Crippen LogP contribution >= 0.6 is 11.6 Å².